The van der Waals surface area contributed by atoms with Gasteiger partial charge in [0.1, 0.15) is 0 Å². The molecule has 108 valence electrons. The topological polar surface area (TPSA) is 67.4 Å². The van der Waals surface area contributed by atoms with Crippen molar-refractivity contribution < 1.29 is 14.3 Å². The van der Waals surface area contributed by atoms with E-state index in [9.17, 15) is 9.59 Å². The third-order valence-electron chi connectivity index (χ3n) is 3.67. The average molecular weight is 276 g/mol. The van der Waals surface area contributed by atoms with Crippen LogP contribution in [0.1, 0.15) is 23.7 Å². The summed E-state index contributed by atoms with van der Waals surface area (Å²) >= 11 is 0. The second kappa shape index (κ2) is 6.15. The Hall–Kier alpha value is -1.72. The zero-order valence-corrected chi connectivity index (χ0v) is 11.9. The molecule has 20 heavy (non-hydrogen) atoms. The normalized spacial score (nSPS) is 21.7. The number of anilines is 1. The molecule has 1 amide bonds. The molecular formula is C15H20N2O3. The number of carbonyl (C=O) groups is 2. The number of ketones is 1. The van der Waals surface area contributed by atoms with Crippen LogP contribution in [0, 0.1) is 5.41 Å². The molecule has 1 aromatic carbocycles. The average Bonchev–Trinajstić information content (AvgIpc) is 2.89. The van der Waals surface area contributed by atoms with Gasteiger partial charge < -0.3 is 15.4 Å². The van der Waals surface area contributed by atoms with Gasteiger partial charge in [-0.25, -0.2) is 0 Å². The Morgan fingerprint density at radius 2 is 2.25 bits per heavy atom. The van der Waals surface area contributed by atoms with Gasteiger partial charge in [-0.2, -0.15) is 0 Å². The Kier molecular flexibility index (Phi) is 4.52. The fourth-order valence-corrected chi connectivity index (χ4v) is 2.48. The van der Waals surface area contributed by atoms with Crippen molar-refractivity contribution in [2.75, 3.05) is 32.1 Å². The van der Waals surface area contributed by atoms with E-state index in [1.54, 1.807) is 31.4 Å². The molecule has 0 aliphatic carbocycles. The molecule has 0 saturated carbocycles. The summed E-state index contributed by atoms with van der Waals surface area (Å²) < 4.78 is 5.19. The number of carbonyl (C=O) groups excluding carboxylic acids is 2. The third kappa shape index (κ3) is 3.05. The van der Waals surface area contributed by atoms with E-state index in [2.05, 4.69) is 10.6 Å². The molecule has 1 atom stereocenters. The zero-order valence-electron chi connectivity index (χ0n) is 11.9. The van der Waals surface area contributed by atoms with Gasteiger partial charge in [-0.15, -0.1) is 0 Å². The fourth-order valence-electron chi connectivity index (χ4n) is 2.48. The Morgan fingerprint density at radius 3 is 2.85 bits per heavy atom. The van der Waals surface area contributed by atoms with E-state index in [0.29, 0.717) is 24.4 Å². The molecule has 1 heterocycles. The van der Waals surface area contributed by atoms with Crippen LogP contribution in [0.15, 0.2) is 24.3 Å². The summed E-state index contributed by atoms with van der Waals surface area (Å²) in [6, 6.07) is 6.98. The number of benzene rings is 1. The van der Waals surface area contributed by atoms with Gasteiger partial charge in [0.25, 0.3) is 0 Å². The van der Waals surface area contributed by atoms with Crippen molar-refractivity contribution in [3.05, 3.63) is 29.8 Å². The Morgan fingerprint density at radius 1 is 1.45 bits per heavy atom. The van der Waals surface area contributed by atoms with Crippen LogP contribution >= 0.6 is 0 Å². The van der Waals surface area contributed by atoms with Crippen molar-refractivity contribution in [1.29, 1.82) is 0 Å². The van der Waals surface area contributed by atoms with Gasteiger partial charge >= 0.3 is 0 Å². The van der Waals surface area contributed by atoms with Crippen molar-refractivity contribution in [2.45, 2.75) is 13.3 Å². The smallest absolute Gasteiger partial charge is 0.234 e. The minimum absolute atomic E-state index is 0.0183. The minimum atomic E-state index is -0.527. The van der Waals surface area contributed by atoms with Gasteiger partial charge in [0.15, 0.2) is 5.78 Å². The maximum Gasteiger partial charge on any atom is 0.234 e. The summed E-state index contributed by atoms with van der Waals surface area (Å²) in [5, 5.41) is 6.09. The summed E-state index contributed by atoms with van der Waals surface area (Å²) in [4.78, 5) is 23.9. The highest BCUT2D eigenvalue weighted by molar-refractivity contribution is 5.99. The van der Waals surface area contributed by atoms with Gasteiger partial charge in [0, 0.05) is 24.9 Å². The number of amides is 1. The number of methoxy groups -OCH3 is 1. The van der Waals surface area contributed by atoms with E-state index in [1.165, 1.54) is 6.92 Å². The second-order valence-electron chi connectivity index (χ2n) is 5.23. The molecule has 1 aliphatic heterocycles. The van der Waals surface area contributed by atoms with Crippen molar-refractivity contribution in [1.82, 2.24) is 5.32 Å². The largest absolute Gasteiger partial charge is 0.384 e. The molecule has 2 rings (SSSR count). The summed E-state index contributed by atoms with van der Waals surface area (Å²) in [7, 11) is 1.60. The van der Waals surface area contributed by atoms with Gasteiger partial charge in [-0.1, -0.05) is 12.1 Å². The number of Topliss-reactive ketones (excluding diaryl/α,β-unsaturated/α-hetero) is 1. The zero-order chi connectivity index (χ0) is 14.6. The molecule has 0 radical (unpaired) electrons. The molecule has 2 N–H and O–H groups in total. The van der Waals surface area contributed by atoms with E-state index in [-0.39, 0.29) is 11.7 Å². The Balaban J connectivity index is 2.14. The number of hydrogen-bond acceptors (Lipinski definition) is 4. The van der Waals surface area contributed by atoms with Crippen molar-refractivity contribution in [2.24, 2.45) is 5.41 Å². The van der Waals surface area contributed by atoms with Crippen LogP contribution < -0.4 is 10.6 Å². The van der Waals surface area contributed by atoms with Gasteiger partial charge in [0.05, 0.1) is 12.0 Å². The van der Waals surface area contributed by atoms with Crippen LogP contribution in [0.3, 0.4) is 0 Å². The van der Waals surface area contributed by atoms with Crippen molar-refractivity contribution in [3.8, 4) is 0 Å². The summed E-state index contributed by atoms with van der Waals surface area (Å²) in [5.41, 5.74) is 0.708. The molecule has 5 nitrogen and oxygen atoms in total. The Bertz CT molecular complexity index is 508. The predicted octanol–water partition coefficient (Wildman–Crippen LogP) is 1.45. The van der Waals surface area contributed by atoms with Crippen LogP contribution in [0.25, 0.3) is 0 Å². The highest BCUT2D eigenvalue weighted by Crippen LogP contribution is 2.28. The first-order valence-corrected chi connectivity index (χ1v) is 6.69. The van der Waals surface area contributed by atoms with E-state index in [0.717, 1.165) is 13.0 Å². The molecule has 0 aromatic heterocycles. The molecule has 1 aliphatic rings. The van der Waals surface area contributed by atoms with E-state index >= 15 is 0 Å². The van der Waals surface area contributed by atoms with Gasteiger partial charge in [-0.3, -0.25) is 9.59 Å². The standard InChI is InChI=1S/C15H20N2O3/c1-11(18)12-4-3-5-13(8-12)17-14(19)15(10-20-2)6-7-16-9-15/h3-5,8,16H,6-7,9-10H2,1-2H3,(H,17,19). The molecule has 5 heteroatoms. The highest BCUT2D eigenvalue weighted by Gasteiger charge is 2.41. The number of rotatable bonds is 5. The molecule has 1 saturated heterocycles. The molecule has 0 spiro atoms. The summed E-state index contributed by atoms with van der Waals surface area (Å²) in [6.45, 7) is 3.32. The molecule has 1 fully saturated rings. The lowest BCUT2D eigenvalue weighted by Crippen LogP contribution is -2.41. The molecular weight excluding hydrogens is 256 g/mol. The maximum absolute atomic E-state index is 12.5. The first kappa shape index (κ1) is 14.7. The van der Waals surface area contributed by atoms with E-state index < -0.39 is 5.41 Å². The minimum Gasteiger partial charge on any atom is -0.384 e. The van der Waals surface area contributed by atoms with Crippen LogP contribution in [-0.2, 0) is 9.53 Å². The van der Waals surface area contributed by atoms with E-state index in [1.807, 2.05) is 0 Å². The lowest BCUT2D eigenvalue weighted by Gasteiger charge is -2.26. The predicted molar refractivity (Wildman–Crippen MR) is 76.9 cm³/mol. The maximum atomic E-state index is 12.5. The number of hydrogen-bond donors (Lipinski definition) is 2. The van der Waals surface area contributed by atoms with Gasteiger partial charge in [-0.05, 0) is 32.0 Å². The quantitative estimate of drug-likeness (QED) is 0.799. The van der Waals surface area contributed by atoms with Gasteiger partial charge in [0.2, 0.25) is 5.91 Å². The number of nitrogens with one attached hydrogen (secondary N) is 2. The van der Waals surface area contributed by atoms with E-state index in [4.69, 9.17) is 4.74 Å². The molecule has 0 bridgehead atoms. The second-order valence-corrected chi connectivity index (χ2v) is 5.23. The Labute approximate surface area is 118 Å². The summed E-state index contributed by atoms with van der Waals surface area (Å²) in [6.07, 6.45) is 0.749. The monoisotopic (exact) mass is 276 g/mol. The van der Waals surface area contributed by atoms with Crippen LogP contribution in [-0.4, -0.2) is 38.5 Å². The highest BCUT2D eigenvalue weighted by atomic mass is 16.5. The van der Waals surface area contributed by atoms with Crippen molar-refractivity contribution in [3.63, 3.8) is 0 Å². The first-order valence-electron chi connectivity index (χ1n) is 6.69. The third-order valence-corrected chi connectivity index (χ3v) is 3.67. The molecule has 1 aromatic rings. The lowest BCUT2D eigenvalue weighted by atomic mass is 9.87. The summed E-state index contributed by atoms with van der Waals surface area (Å²) in [5.74, 6) is -0.0831. The lowest BCUT2D eigenvalue weighted by molar-refractivity contribution is -0.127. The van der Waals surface area contributed by atoms with Crippen molar-refractivity contribution >= 4 is 17.4 Å². The number of ether oxygens (including phenoxy) is 1. The van der Waals surface area contributed by atoms with Crippen LogP contribution in [0.4, 0.5) is 5.69 Å². The SMILES string of the molecule is COCC1(C(=O)Nc2cccc(C(C)=O)c2)CCNC1. The van der Waals surface area contributed by atoms with Crippen LogP contribution in [0.2, 0.25) is 0 Å². The first-order chi connectivity index (χ1) is 9.57. The van der Waals surface area contributed by atoms with Crippen LogP contribution in [0.5, 0.6) is 0 Å². The molecule has 1 unspecified atom stereocenters. The fraction of sp³-hybridized carbons (Fsp3) is 0.467.